The molecule has 2 atom stereocenters. The van der Waals surface area contributed by atoms with Gasteiger partial charge < -0.3 is 9.84 Å². The highest BCUT2D eigenvalue weighted by Gasteiger charge is 2.60. The van der Waals surface area contributed by atoms with Gasteiger partial charge in [-0.2, -0.15) is 0 Å². The molecule has 7 heteroatoms. The highest BCUT2D eigenvalue weighted by Crippen LogP contribution is 2.61. The standard InChI is InChI=1S/C16H24N4O3/c1-2-3-20-13(17-18-19-20)9-23-14(21)15-5-11-4-12(6-15)8-16(22,7-11)10-15/h11-12,22H,2-10H2,1H3. The summed E-state index contributed by atoms with van der Waals surface area (Å²) in [5.41, 5.74) is -1.13. The Morgan fingerprint density at radius 2 is 2.09 bits per heavy atom. The van der Waals surface area contributed by atoms with E-state index in [0.717, 1.165) is 45.1 Å². The molecule has 2 unspecified atom stereocenters. The van der Waals surface area contributed by atoms with Crippen molar-refractivity contribution in [1.82, 2.24) is 20.2 Å². The number of aliphatic hydroxyl groups is 1. The van der Waals surface area contributed by atoms with E-state index in [1.807, 2.05) is 6.92 Å². The third-order valence-electron chi connectivity index (χ3n) is 5.84. The number of tetrazole rings is 1. The molecule has 1 N–H and O–H groups in total. The summed E-state index contributed by atoms with van der Waals surface area (Å²) in [4.78, 5) is 12.8. The van der Waals surface area contributed by atoms with E-state index in [2.05, 4.69) is 15.5 Å². The maximum atomic E-state index is 12.8. The zero-order valence-electron chi connectivity index (χ0n) is 13.6. The monoisotopic (exact) mass is 320 g/mol. The summed E-state index contributed by atoms with van der Waals surface area (Å²) in [5.74, 6) is 1.36. The highest BCUT2D eigenvalue weighted by molar-refractivity contribution is 5.77. The summed E-state index contributed by atoms with van der Waals surface area (Å²) in [7, 11) is 0. The maximum absolute atomic E-state index is 12.8. The first-order valence-electron chi connectivity index (χ1n) is 8.67. The van der Waals surface area contributed by atoms with Crippen LogP contribution in [-0.4, -0.2) is 36.9 Å². The molecule has 1 heterocycles. The van der Waals surface area contributed by atoms with Crippen LogP contribution in [0.2, 0.25) is 0 Å². The van der Waals surface area contributed by atoms with Gasteiger partial charge in [-0.15, -0.1) is 5.10 Å². The van der Waals surface area contributed by atoms with Gasteiger partial charge in [-0.05, 0) is 67.2 Å². The molecule has 4 saturated carbocycles. The maximum Gasteiger partial charge on any atom is 0.312 e. The lowest BCUT2D eigenvalue weighted by Crippen LogP contribution is -2.58. The molecule has 126 valence electrons. The second kappa shape index (κ2) is 5.26. The number of carbonyl (C=O) groups excluding carboxylic acids is 1. The predicted octanol–water partition coefficient (Wildman–Crippen LogP) is 1.46. The van der Waals surface area contributed by atoms with Crippen LogP contribution in [0.4, 0.5) is 0 Å². The Labute approximate surface area is 135 Å². The molecule has 4 bridgehead atoms. The zero-order valence-corrected chi connectivity index (χ0v) is 13.6. The largest absolute Gasteiger partial charge is 0.457 e. The molecule has 0 spiro atoms. The first kappa shape index (κ1) is 15.1. The van der Waals surface area contributed by atoms with Crippen LogP contribution in [0, 0.1) is 17.3 Å². The van der Waals surface area contributed by atoms with Crippen molar-refractivity contribution in [2.75, 3.05) is 0 Å². The highest BCUT2D eigenvalue weighted by atomic mass is 16.5. The zero-order chi connectivity index (χ0) is 16.1. The number of hydrogen-bond donors (Lipinski definition) is 1. The van der Waals surface area contributed by atoms with E-state index < -0.39 is 11.0 Å². The van der Waals surface area contributed by atoms with Crippen molar-refractivity contribution in [3.8, 4) is 0 Å². The summed E-state index contributed by atoms with van der Waals surface area (Å²) in [6, 6.07) is 0. The van der Waals surface area contributed by atoms with E-state index in [1.54, 1.807) is 4.68 Å². The number of ether oxygens (including phenoxy) is 1. The summed E-state index contributed by atoms with van der Waals surface area (Å²) < 4.78 is 7.27. The number of rotatable bonds is 5. The lowest BCUT2D eigenvalue weighted by Gasteiger charge is -2.58. The second-order valence-electron chi connectivity index (χ2n) is 7.86. The van der Waals surface area contributed by atoms with Gasteiger partial charge in [-0.3, -0.25) is 4.79 Å². The lowest BCUT2D eigenvalue weighted by atomic mass is 9.48. The second-order valence-corrected chi connectivity index (χ2v) is 7.86. The summed E-state index contributed by atoms with van der Waals surface area (Å²) in [5, 5.41) is 22.2. The van der Waals surface area contributed by atoms with Gasteiger partial charge in [0.15, 0.2) is 12.4 Å². The molecule has 0 saturated heterocycles. The molecule has 0 amide bonds. The molecular weight excluding hydrogens is 296 g/mol. The number of nitrogens with zero attached hydrogens (tertiary/aromatic N) is 4. The normalized spacial score (nSPS) is 38.0. The minimum Gasteiger partial charge on any atom is -0.457 e. The van der Waals surface area contributed by atoms with Crippen LogP contribution >= 0.6 is 0 Å². The van der Waals surface area contributed by atoms with Gasteiger partial charge in [0, 0.05) is 6.54 Å². The Balaban J connectivity index is 1.46. The SMILES string of the molecule is CCCn1nnnc1COC(=O)C12CC3CC(CC(O)(C3)C1)C2. The first-order chi connectivity index (χ1) is 11.0. The van der Waals surface area contributed by atoms with Crippen molar-refractivity contribution in [3.63, 3.8) is 0 Å². The van der Waals surface area contributed by atoms with E-state index in [-0.39, 0.29) is 12.6 Å². The van der Waals surface area contributed by atoms with Gasteiger partial charge in [-0.1, -0.05) is 6.92 Å². The Bertz CT molecular complexity index is 600. The van der Waals surface area contributed by atoms with E-state index in [1.165, 1.54) is 0 Å². The molecule has 1 aromatic rings. The molecule has 0 aliphatic heterocycles. The van der Waals surface area contributed by atoms with Gasteiger partial charge in [0.25, 0.3) is 0 Å². The van der Waals surface area contributed by atoms with Crippen molar-refractivity contribution < 1.29 is 14.6 Å². The summed E-state index contributed by atoms with van der Waals surface area (Å²) in [6.07, 6.45) is 6.08. The summed E-state index contributed by atoms with van der Waals surface area (Å²) >= 11 is 0. The molecule has 0 aromatic carbocycles. The van der Waals surface area contributed by atoms with Crippen molar-refractivity contribution in [2.24, 2.45) is 17.3 Å². The number of aryl methyl sites for hydroxylation is 1. The molecule has 23 heavy (non-hydrogen) atoms. The number of carbonyl (C=O) groups is 1. The molecule has 4 fully saturated rings. The number of aromatic nitrogens is 4. The summed E-state index contributed by atoms with van der Waals surface area (Å²) in [6.45, 7) is 2.88. The Morgan fingerprint density at radius 3 is 2.74 bits per heavy atom. The van der Waals surface area contributed by atoms with Crippen molar-refractivity contribution in [2.45, 2.75) is 70.6 Å². The average Bonchev–Trinajstić information content (AvgIpc) is 2.90. The molecule has 1 aromatic heterocycles. The van der Waals surface area contributed by atoms with Crippen LogP contribution in [0.3, 0.4) is 0 Å². The molecule has 4 aliphatic rings. The first-order valence-corrected chi connectivity index (χ1v) is 8.67. The van der Waals surface area contributed by atoms with Crippen molar-refractivity contribution >= 4 is 5.97 Å². The minimum atomic E-state index is -0.646. The topological polar surface area (TPSA) is 90.1 Å². The number of esters is 1. The van der Waals surface area contributed by atoms with Crippen molar-refractivity contribution in [1.29, 1.82) is 0 Å². The van der Waals surface area contributed by atoms with E-state index in [0.29, 0.717) is 24.1 Å². The van der Waals surface area contributed by atoms with Crippen molar-refractivity contribution in [3.05, 3.63) is 5.82 Å². The fraction of sp³-hybridized carbons (Fsp3) is 0.875. The van der Waals surface area contributed by atoms with E-state index >= 15 is 0 Å². The average molecular weight is 320 g/mol. The number of hydrogen-bond acceptors (Lipinski definition) is 6. The molecule has 5 rings (SSSR count). The van der Waals surface area contributed by atoms with Crippen LogP contribution in [-0.2, 0) is 22.7 Å². The van der Waals surface area contributed by atoms with Crippen LogP contribution in [0.1, 0.15) is 57.7 Å². The van der Waals surface area contributed by atoms with Crippen LogP contribution in [0.5, 0.6) is 0 Å². The van der Waals surface area contributed by atoms with Crippen LogP contribution in [0.25, 0.3) is 0 Å². The Kier molecular flexibility index (Phi) is 3.44. The minimum absolute atomic E-state index is 0.112. The fourth-order valence-electron chi connectivity index (χ4n) is 5.45. The van der Waals surface area contributed by atoms with E-state index in [4.69, 9.17) is 4.74 Å². The smallest absolute Gasteiger partial charge is 0.312 e. The van der Waals surface area contributed by atoms with Gasteiger partial charge in [0.2, 0.25) is 0 Å². The Morgan fingerprint density at radius 1 is 1.35 bits per heavy atom. The lowest BCUT2D eigenvalue weighted by molar-refractivity contribution is -0.197. The Hall–Kier alpha value is -1.50. The van der Waals surface area contributed by atoms with Gasteiger partial charge in [0.05, 0.1) is 11.0 Å². The predicted molar refractivity (Wildman–Crippen MR) is 80.0 cm³/mol. The molecule has 0 radical (unpaired) electrons. The molecule has 4 aliphatic carbocycles. The third-order valence-corrected chi connectivity index (χ3v) is 5.84. The fourth-order valence-corrected chi connectivity index (χ4v) is 5.45. The van der Waals surface area contributed by atoms with Crippen LogP contribution < -0.4 is 0 Å². The quantitative estimate of drug-likeness (QED) is 0.826. The van der Waals surface area contributed by atoms with E-state index in [9.17, 15) is 9.90 Å². The molecular formula is C16H24N4O3. The van der Waals surface area contributed by atoms with Gasteiger partial charge in [-0.25, -0.2) is 4.68 Å². The van der Waals surface area contributed by atoms with Crippen LogP contribution in [0.15, 0.2) is 0 Å². The van der Waals surface area contributed by atoms with Gasteiger partial charge in [0.1, 0.15) is 0 Å². The third kappa shape index (κ3) is 2.55. The molecule has 7 nitrogen and oxygen atoms in total. The van der Waals surface area contributed by atoms with Gasteiger partial charge >= 0.3 is 5.97 Å².